The molecule has 0 aromatic rings. The first kappa shape index (κ1) is 83.7. The summed E-state index contributed by atoms with van der Waals surface area (Å²) in [5.41, 5.74) is -0.340. The number of hydrogen-bond acceptors (Lipinski definition) is 13. The number of allylic oxidation sites excluding steroid dienone is 2. The zero-order chi connectivity index (χ0) is 71.3. The maximum Gasteiger partial charge on any atom is 0.270 e. The van der Waals surface area contributed by atoms with Crippen molar-refractivity contribution in [3.63, 3.8) is 0 Å². The van der Waals surface area contributed by atoms with Crippen LogP contribution in [0.25, 0.3) is 0 Å². The fraction of sp³-hybridized carbons (Fsp3) is 0.771. The van der Waals surface area contributed by atoms with Crippen LogP contribution in [0.15, 0.2) is 24.4 Å². The lowest BCUT2D eigenvalue weighted by atomic mass is 9.84. The second-order valence-corrected chi connectivity index (χ2v) is 28.7. The molecule has 1 heterocycles. The summed E-state index contributed by atoms with van der Waals surface area (Å²) in [7, 11) is 9.99. The first-order valence-corrected chi connectivity index (χ1v) is 33.5. The van der Waals surface area contributed by atoms with E-state index in [0.29, 0.717) is 19.4 Å². The van der Waals surface area contributed by atoms with Crippen LogP contribution in [0, 0.1) is 59.2 Å². The third-order valence-corrected chi connectivity index (χ3v) is 18.0. The zero-order valence-corrected chi connectivity index (χ0v) is 60.7. The van der Waals surface area contributed by atoms with Crippen LogP contribution in [0.3, 0.4) is 0 Å². The fourth-order valence-corrected chi connectivity index (χ4v) is 12.0. The predicted molar refractivity (Wildman–Crippen MR) is 359 cm³/mol. The van der Waals surface area contributed by atoms with Crippen molar-refractivity contribution in [1.82, 2.24) is 44.9 Å². The maximum absolute atomic E-state index is 15.3. The van der Waals surface area contributed by atoms with E-state index >= 15 is 19.2 Å². The molecule has 1 unspecified atom stereocenters. The minimum Gasteiger partial charge on any atom is -0.390 e. The van der Waals surface area contributed by atoms with Crippen LogP contribution in [-0.2, 0) is 57.5 Å². The molecule has 1 aliphatic rings. The predicted octanol–water partition coefficient (Wildman–Crippen LogP) is 6.95. The number of carbonyl (C=O) groups excluding carboxylic acids is 12. The Morgan fingerprint density at radius 2 is 0.978 bits per heavy atom. The summed E-state index contributed by atoms with van der Waals surface area (Å²) in [4.78, 5) is 182. The number of hydrogen-bond donors (Lipinski definition) is 3. The average Bonchev–Trinajstić information content (AvgIpc) is 0.824. The number of rotatable bonds is 19. The van der Waals surface area contributed by atoms with Crippen LogP contribution < -0.4 is 10.6 Å². The van der Waals surface area contributed by atoms with Crippen molar-refractivity contribution >= 4 is 70.5 Å². The second-order valence-electron chi connectivity index (χ2n) is 28.7. The van der Waals surface area contributed by atoms with Gasteiger partial charge in [-0.25, -0.2) is 0 Å². The molecule has 22 nitrogen and oxygen atoms in total. The molecule has 0 bridgehead atoms. The average molecular weight is 1300 g/mol. The lowest BCUT2D eigenvalue weighted by Gasteiger charge is -2.41. The van der Waals surface area contributed by atoms with Crippen LogP contribution in [0.1, 0.15) is 188 Å². The van der Waals surface area contributed by atoms with Gasteiger partial charge in [-0.3, -0.25) is 57.5 Å². The van der Waals surface area contributed by atoms with Gasteiger partial charge >= 0.3 is 0 Å². The van der Waals surface area contributed by atoms with Gasteiger partial charge in [0.25, 0.3) is 5.91 Å². The highest BCUT2D eigenvalue weighted by atomic mass is 16.3. The third kappa shape index (κ3) is 24.2. The number of ketones is 3. The number of Topliss-reactive ketones (excluding diaryl/α,β-unsaturated/α-hetero) is 3. The minimum atomic E-state index is -1.68. The molecule has 0 aromatic carbocycles. The van der Waals surface area contributed by atoms with E-state index in [1.807, 2.05) is 67.5 Å². The number of unbranched alkanes of at least 4 members (excludes halogenated alkanes) is 1. The van der Waals surface area contributed by atoms with Crippen LogP contribution in [-0.4, -0.2) is 214 Å². The third-order valence-electron chi connectivity index (χ3n) is 18.0. The van der Waals surface area contributed by atoms with E-state index in [1.54, 1.807) is 55.4 Å². The minimum absolute atomic E-state index is 0.0336. The van der Waals surface area contributed by atoms with Crippen LogP contribution >= 0.6 is 0 Å². The van der Waals surface area contributed by atoms with Gasteiger partial charge in [0.05, 0.1) is 18.2 Å². The Balaban J connectivity index is 4.39. The monoisotopic (exact) mass is 1300 g/mol. The molecule has 1 saturated heterocycles. The van der Waals surface area contributed by atoms with Gasteiger partial charge in [-0.1, -0.05) is 130 Å². The summed E-state index contributed by atoms with van der Waals surface area (Å²) >= 11 is 0. The summed E-state index contributed by atoms with van der Waals surface area (Å²) in [6.07, 6.45) is 3.53. The SMILES string of the molecule is C=C1C(=O)N(C)[C@@H](CC(C)C)C(=O)C[C@@H](C(C)C)C(=O)N(C)[C@@H](CC(C)C)C(=O)C[C@@H](C)C(=O)C[C@H](C)C(=O)N(C)[C@@H](CC(C)C)C(=O)N(C)[C@@H](CC(C)C)C(=O)N(C)[C@@H](C(C)C)C(=O)N(C)[C@@H](C(O)[C@H](C)C/C=C/CCCNC(C)=O)C(=O)N[C@@H](CC)C(=O)N1C. The van der Waals surface area contributed by atoms with Crippen molar-refractivity contribution < 1.29 is 62.6 Å². The lowest BCUT2D eigenvalue weighted by molar-refractivity contribution is -0.157. The van der Waals surface area contributed by atoms with Gasteiger partial charge in [-0.2, -0.15) is 0 Å². The normalized spacial score (nSPS) is 26.0. The van der Waals surface area contributed by atoms with Crippen LogP contribution in [0.2, 0.25) is 0 Å². The van der Waals surface area contributed by atoms with Gasteiger partial charge in [0.15, 0.2) is 11.6 Å². The Morgan fingerprint density at radius 1 is 0.543 bits per heavy atom. The van der Waals surface area contributed by atoms with E-state index < -0.39 is 137 Å². The number of likely N-dealkylation sites (N-methyl/N-ethyl adjacent to an activating group) is 7. The molecule has 1 fully saturated rings. The first-order chi connectivity index (χ1) is 42.5. The van der Waals surface area contributed by atoms with Crippen LogP contribution in [0.5, 0.6) is 0 Å². The number of carbonyl (C=O) groups is 12. The Kier molecular flexibility index (Phi) is 35.3. The van der Waals surface area contributed by atoms with Crippen molar-refractivity contribution in [3.05, 3.63) is 24.4 Å². The molecule has 524 valence electrons. The molecule has 12 atom stereocenters. The Hall–Kier alpha value is -6.32. The molecule has 0 aromatic heterocycles. The van der Waals surface area contributed by atoms with E-state index in [0.717, 1.165) is 9.80 Å². The molecule has 0 spiro atoms. The molecular weight excluding hydrogens is 1170 g/mol. The summed E-state index contributed by atoms with van der Waals surface area (Å²) in [5, 5.41) is 17.9. The molecule has 0 saturated carbocycles. The van der Waals surface area contributed by atoms with Gasteiger partial charge in [-0.15, -0.1) is 0 Å². The fourth-order valence-electron chi connectivity index (χ4n) is 12.0. The molecule has 1 rings (SSSR count). The molecule has 9 amide bonds. The van der Waals surface area contributed by atoms with Gasteiger partial charge in [0.2, 0.25) is 47.3 Å². The van der Waals surface area contributed by atoms with Gasteiger partial charge in [0, 0.05) is 99.8 Å². The zero-order valence-electron chi connectivity index (χ0n) is 60.7. The summed E-state index contributed by atoms with van der Waals surface area (Å²) in [6.45, 7) is 34.5. The van der Waals surface area contributed by atoms with Crippen molar-refractivity contribution in [2.24, 2.45) is 59.2 Å². The number of aliphatic hydroxyl groups excluding tert-OH is 1. The highest BCUT2D eigenvalue weighted by Gasteiger charge is 2.46. The van der Waals surface area contributed by atoms with Crippen molar-refractivity contribution in [2.45, 2.75) is 237 Å². The quantitative estimate of drug-likeness (QED) is 0.0672. The molecule has 22 heteroatoms. The lowest BCUT2D eigenvalue weighted by Crippen LogP contribution is -2.63. The molecule has 0 aliphatic carbocycles. The van der Waals surface area contributed by atoms with Gasteiger partial charge < -0.3 is 50.0 Å². The van der Waals surface area contributed by atoms with Crippen molar-refractivity contribution in [2.75, 3.05) is 55.9 Å². The summed E-state index contributed by atoms with van der Waals surface area (Å²) in [5.74, 6) is -11.7. The number of nitrogens with one attached hydrogen (secondary N) is 2. The summed E-state index contributed by atoms with van der Waals surface area (Å²) < 4.78 is 0. The molecule has 0 radical (unpaired) electrons. The Morgan fingerprint density at radius 3 is 1.45 bits per heavy atom. The number of aliphatic hydroxyl groups is 1. The molecule has 3 N–H and O–H groups in total. The maximum atomic E-state index is 15.3. The van der Waals surface area contributed by atoms with Crippen LogP contribution in [0.4, 0.5) is 0 Å². The van der Waals surface area contributed by atoms with E-state index in [9.17, 15) is 43.5 Å². The Labute approximate surface area is 552 Å². The van der Waals surface area contributed by atoms with Crippen molar-refractivity contribution in [3.8, 4) is 0 Å². The smallest absolute Gasteiger partial charge is 0.270 e. The van der Waals surface area contributed by atoms with Gasteiger partial charge in [-0.05, 0) is 92.8 Å². The topological polar surface area (TPSA) is 272 Å². The Bertz CT molecular complexity index is 2580. The number of amides is 9. The van der Waals surface area contributed by atoms with E-state index in [2.05, 4.69) is 17.2 Å². The van der Waals surface area contributed by atoms with E-state index in [1.165, 1.54) is 80.8 Å². The van der Waals surface area contributed by atoms with E-state index in [4.69, 9.17) is 0 Å². The molecular formula is C70H121N9O13. The standard InChI is InChI=1S/C70H121N9O13/c1-26-52-67(89)73(19)49(17)65(87)74(20)54(34-41(4)5)59(83)39-51(44(10)11)66(88)75(21)53(33-40(2)3)58(82)37-47(15)57(81)38-48(16)64(86)76(22)55(35-42(6)7)68(90)77(23)56(36-43(8)9)69(91)78(24)60(45(12)13)70(92)79(25)61(63(85)72-52)62(84)46(14)31-29-27-28-30-32-71-50(18)80/h27,29,40-48,51-56,60-62,84H,17,26,28,30-39H2,1-16,18-25H3,(H,71,80)(H,72,85)/b29-27+/t46-,47-,48+,51+,52+,53+,54+,55+,56+,60+,61+,62?/m1/s1. The highest BCUT2D eigenvalue weighted by Crippen LogP contribution is 2.29. The largest absolute Gasteiger partial charge is 0.390 e. The van der Waals surface area contributed by atoms with Crippen molar-refractivity contribution in [1.29, 1.82) is 0 Å². The second kappa shape index (κ2) is 38.8. The first-order valence-electron chi connectivity index (χ1n) is 33.5. The number of nitrogens with zero attached hydrogens (tertiary/aromatic N) is 7. The van der Waals surface area contributed by atoms with E-state index in [-0.39, 0.29) is 105 Å². The molecule has 1 aliphatic heterocycles. The highest BCUT2D eigenvalue weighted by molar-refractivity contribution is 6.02. The molecule has 92 heavy (non-hydrogen) atoms. The summed E-state index contributed by atoms with van der Waals surface area (Å²) in [6, 6.07) is -8.66. The van der Waals surface area contributed by atoms with Gasteiger partial charge in [0.1, 0.15) is 41.7 Å².